The van der Waals surface area contributed by atoms with E-state index in [1.54, 1.807) is 0 Å². The molecule has 6 unspecified atom stereocenters. The number of aliphatic hydroxyl groups excluding tert-OH is 5. The van der Waals surface area contributed by atoms with Crippen molar-refractivity contribution in [3.05, 3.63) is 48.6 Å². The largest absolute Gasteiger partial charge is 0.472 e. The molecule has 1 saturated carbocycles. The van der Waals surface area contributed by atoms with Gasteiger partial charge in [-0.2, -0.15) is 0 Å². The van der Waals surface area contributed by atoms with Gasteiger partial charge < -0.3 is 39.9 Å². The van der Waals surface area contributed by atoms with Crippen LogP contribution in [0.4, 0.5) is 0 Å². The number of phosphoric acid groups is 1. The molecule has 1 aliphatic rings. The summed E-state index contributed by atoms with van der Waals surface area (Å²) >= 11 is 0. The monoisotopic (exact) mass is 859 g/mol. The summed E-state index contributed by atoms with van der Waals surface area (Å²) in [6.07, 6.45) is 27.4. The molecule has 0 saturated heterocycles. The fourth-order valence-electron chi connectivity index (χ4n) is 6.57. The minimum Gasteiger partial charge on any atom is -0.462 e. The molecule has 0 amide bonds. The first-order valence-corrected chi connectivity index (χ1v) is 23.9. The van der Waals surface area contributed by atoms with Crippen LogP contribution in [0.2, 0.25) is 0 Å². The second-order valence-corrected chi connectivity index (χ2v) is 16.9. The predicted molar refractivity (Wildman–Crippen MR) is 230 cm³/mol. The van der Waals surface area contributed by atoms with Crippen molar-refractivity contribution in [3.63, 3.8) is 0 Å². The fraction of sp³-hybridized carbons (Fsp3) is 0.778. The molecule has 0 aliphatic heterocycles. The lowest BCUT2D eigenvalue weighted by Gasteiger charge is -2.41. The normalized spacial score (nSPS) is 22.8. The Hall–Kier alpha value is -2.19. The quantitative estimate of drug-likeness (QED) is 0.0152. The summed E-state index contributed by atoms with van der Waals surface area (Å²) < 4.78 is 33.4. The molecule has 0 aromatic rings. The SMILES string of the molecule is CC/C=C/C/C=C/C/C=C/C/C=C/CCCCC(=O)O[C@H](COC(=O)CCCCCCCCCCCCCCCCC)COP(=O)(O)OC1C(O)C(O)C(O)[C@@H](O)C1O. The molecule has 0 spiro atoms. The Balaban J connectivity index is 2.50. The van der Waals surface area contributed by atoms with Gasteiger partial charge in [0.25, 0.3) is 0 Å². The Morgan fingerprint density at radius 3 is 1.47 bits per heavy atom. The summed E-state index contributed by atoms with van der Waals surface area (Å²) in [6.45, 7) is 3.14. The number of hydrogen-bond acceptors (Lipinski definition) is 12. The van der Waals surface area contributed by atoms with Gasteiger partial charge in [-0.05, 0) is 51.4 Å². The smallest absolute Gasteiger partial charge is 0.462 e. The highest BCUT2D eigenvalue weighted by molar-refractivity contribution is 7.47. The lowest BCUT2D eigenvalue weighted by atomic mass is 9.85. The van der Waals surface area contributed by atoms with Gasteiger partial charge in [0.1, 0.15) is 43.2 Å². The molecule has 0 bridgehead atoms. The summed E-state index contributed by atoms with van der Waals surface area (Å²) in [6, 6.07) is 0. The molecule has 14 heteroatoms. The molecular weight excluding hydrogens is 779 g/mol. The number of carbonyl (C=O) groups excluding carboxylic acids is 2. The van der Waals surface area contributed by atoms with E-state index in [-0.39, 0.29) is 12.8 Å². The van der Waals surface area contributed by atoms with E-state index in [4.69, 9.17) is 18.5 Å². The van der Waals surface area contributed by atoms with Crippen molar-refractivity contribution in [2.24, 2.45) is 0 Å². The summed E-state index contributed by atoms with van der Waals surface area (Å²) in [7, 11) is -5.13. The van der Waals surface area contributed by atoms with Crippen LogP contribution in [0.3, 0.4) is 0 Å². The van der Waals surface area contributed by atoms with Gasteiger partial charge in [-0.25, -0.2) is 4.57 Å². The molecule has 6 N–H and O–H groups in total. The van der Waals surface area contributed by atoms with E-state index >= 15 is 0 Å². The van der Waals surface area contributed by atoms with E-state index in [0.29, 0.717) is 12.8 Å². The maximum atomic E-state index is 12.8. The third kappa shape index (κ3) is 28.1. The first-order chi connectivity index (χ1) is 28.4. The zero-order valence-corrected chi connectivity index (χ0v) is 36.9. The summed E-state index contributed by atoms with van der Waals surface area (Å²) in [5, 5.41) is 50.1. The van der Waals surface area contributed by atoms with Crippen molar-refractivity contribution in [1.82, 2.24) is 0 Å². The number of unbranched alkanes of at least 4 members (excludes halogenated alkanes) is 16. The first-order valence-electron chi connectivity index (χ1n) is 22.4. The highest BCUT2D eigenvalue weighted by atomic mass is 31.2. The Morgan fingerprint density at radius 1 is 0.542 bits per heavy atom. The minimum absolute atomic E-state index is 0.0446. The molecule has 1 fully saturated rings. The van der Waals surface area contributed by atoms with Crippen LogP contribution in [-0.4, -0.2) is 98.3 Å². The summed E-state index contributed by atoms with van der Waals surface area (Å²) in [4.78, 5) is 35.6. The Labute approximate surface area is 354 Å². The van der Waals surface area contributed by atoms with Gasteiger partial charge in [-0.1, -0.05) is 152 Å². The molecule has 0 aromatic heterocycles. The van der Waals surface area contributed by atoms with E-state index in [1.165, 1.54) is 70.6 Å². The second kappa shape index (κ2) is 35.4. The molecule has 59 heavy (non-hydrogen) atoms. The Morgan fingerprint density at radius 2 is 0.966 bits per heavy atom. The van der Waals surface area contributed by atoms with Crippen molar-refractivity contribution >= 4 is 19.8 Å². The van der Waals surface area contributed by atoms with Gasteiger partial charge in [0.2, 0.25) is 0 Å². The summed E-state index contributed by atoms with van der Waals surface area (Å²) in [5.74, 6) is -1.15. The second-order valence-electron chi connectivity index (χ2n) is 15.5. The van der Waals surface area contributed by atoms with Crippen molar-refractivity contribution < 1.29 is 63.1 Å². The number of hydrogen-bond donors (Lipinski definition) is 6. The Bertz CT molecular complexity index is 1220. The molecule has 13 nitrogen and oxygen atoms in total. The predicted octanol–water partition coefficient (Wildman–Crippen LogP) is 8.39. The molecule has 8 atom stereocenters. The maximum Gasteiger partial charge on any atom is 0.472 e. The zero-order chi connectivity index (χ0) is 43.6. The van der Waals surface area contributed by atoms with Gasteiger partial charge in [0, 0.05) is 12.8 Å². The van der Waals surface area contributed by atoms with Crippen LogP contribution >= 0.6 is 7.82 Å². The first kappa shape index (κ1) is 54.8. The molecule has 0 aromatic carbocycles. The van der Waals surface area contributed by atoms with E-state index in [9.17, 15) is 44.6 Å². The topological polar surface area (TPSA) is 210 Å². The maximum absolute atomic E-state index is 12.8. The number of rotatable bonds is 36. The van der Waals surface area contributed by atoms with E-state index in [0.717, 1.165) is 57.8 Å². The van der Waals surface area contributed by atoms with Crippen LogP contribution in [0.15, 0.2) is 48.6 Å². The minimum atomic E-state index is -5.13. The van der Waals surface area contributed by atoms with Crippen molar-refractivity contribution in [1.29, 1.82) is 0 Å². The number of aliphatic hydroxyl groups is 5. The molecule has 342 valence electrons. The lowest BCUT2D eigenvalue weighted by molar-refractivity contribution is -0.220. The van der Waals surface area contributed by atoms with Crippen molar-refractivity contribution in [2.45, 2.75) is 211 Å². The highest BCUT2D eigenvalue weighted by Crippen LogP contribution is 2.47. The van der Waals surface area contributed by atoms with Gasteiger partial charge in [-0.3, -0.25) is 18.6 Å². The zero-order valence-electron chi connectivity index (χ0n) is 36.0. The van der Waals surface area contributed by atoms with E-state index < -0.39 is 75.7 Å². The third-order valence-electron chi connectivity index (χ3n) is 10.2. The average molecular weight is 859 g/mol. The van der Waals surface area contributed by atoms with Crippen LogP contribution in [0.25, 0.3) is 0 Å². The molecular formula is C45H79O13P. The van der Waals surface area contributed by atoms with E-state index in [1.807, 2.05) is 6.08 Å². The van der Waals surface area contributed by atoms with Gasteiger partial charge >= 0.3 is 19.8 Å². The number of ether oxygens (including phenoxy) is 2. The van der Waals surface area contributed by atoms with Crippen LogP contribution in [0.5, 0.6) is 0 Å². The van der Waals surface area contributed by atoms with Crippen LogP contribution in [-0.2, 0) is 32.7 Å². The number of phosphoric ester groups is 1. The van der Waals surface area contributed by atoms with Crippen LogP contribution < -0.4 is 0 Å². The molecule has 0 heterocycles. The van der Waals surface area contributed by atoms with Gasteiger partial charge in [0.05, 0.1) is 6.61 Å². The molecule has 0 radical (unpaired) electrons. The molecule has 1 rings (SSSR count). The third-order valence-corrected chi connectivity index (χ3v) is 11.2. The number of carbonyl (C=O) groups is 2. The van der Waals surface area contributed by atoms with Crippen LogP contribution in [0, 0.1) is 0 Å². The standard InChI is InChI=1S/C45H79O13P/c1-3-5-7-9-11-13-15-17-19-21-23-25-27-29-31-33-38(46)55-35-37(36-56-59(53,54)58-45-43(51)41(49)40(48)42(50)44(45)52)57-39(47)34-32-30-28-26-24-22-20-18-16-14-12-10-8-6-4-2/h6,8,12,14,18,20,24,26,37,40-45,48-52H,3-5,7,9-11,13,15-17,19,21-23,25,27-36H2,1-2H3,(H,53,54)/b8-6+,14-12+,20-18+,26-24+/t37-,40?,41-,42?,43?,44?,45?/m1/s1. The van der Waals surface area contributed by atoms with E-state index in [2.05, 4.69) is 56.4 Å². The highest BCUT2D eigenvalue weighted by Gasteiger charge is 2.51. The fourth-order valence-corrected chi connectivity index (χ4v) is 7.54. The average Bonchev–Trinajstić information content (AvgIpc) is 3.21. The number of esters is 2. The van der Waals surface area contributed by atoms with Crippen molar-refractivity contribution in [3.8, 4) is 0 Å². The summed E-state index contributed by atoms with van der Waals surface area (Å²) in [5.41, 5.74) is 0. The Kier molecular flexibility index (Phi) is 32.9. The van der Waals surface area contributed by atoms with Gasteiger partial charge in [-0.15, -0.1) is 0 Å². The number of allylic oxidation sites excluding steroid dienone is 8. The lowest BCUT2D eigenvalue weighted by Crippen LogP contribution is -2.64. The van der Waals surface area contributed by atoms with Crippen molar-refractivity contribution in [2.75, 3.05) is 13.2 Å². The molecule has 1 aliphatic carbocycles. The van der Waals surface area contributed by atoms with Gasteiger partial charge in [0.15, 0.2) is 6.10 Å². The van der Waals surface area contributed by atoms with Crippen LogP contribution in [0.1, 0.15) is 168 Å².